The van der Waals surface area contributed by atoms with Gasteiger partial charge in [0.2, 0.25) is 5.91 Å². The highest BCUT2D eigenvalue weighted by molar-refractivity contribution is 5.92. The quantitative estimate of drug-likeness (QED) is 0.844. The molecule has 0 fully saturated rings. The third-order valence-corrected chi connectivity index (χ3v) is 3.48. The van der Waals surface area contributed by atoms with Crippen LogP contribution in [0.25, 0.3) is 0 Å². The summed E-state index contributed by atoms with van der Waals surface area (Å²) in [6, 6.07) is 6.81. The highest BCUT2D eigenvalue weighted by Gasteiger charge is 2.23. The van der Waals surface area contributed by atoms with Crippen molar-refractivity contribution in [3.63, 3.8) is 0 Å². The summed E-state index contributed by atoms with van der Waals surface area (Å²) in [5.74, 6) is -0.581. The van der Waals surface area contributed by atoms with Crippen molar-refractivity contribution in [3.8, 4) is 5.75 Å². The van der Waals surface area contributed by atoms with Gasteiger partial charge in [0.25, 0.3) is 0 Å². The molecule has 0 bridgehead atoms. The average Bonchev–Trinajstić information content (AvgIpc) is 2.36. The van der Waals surface area contributed by atoms with Crippen molar-refractivity contribution >= 4 is 17.6 Å². The first-order chi connectivity index (χ1) is 9.70. The normalized spacial score (nSPS) is 12.6. The lowest BCUT2D eigenvalue weighted by molar-refractivity contribution is -0.139. The number of ether oxygens (including phenoxy) is 1. The van der Waals surface area contributed by atoms with E-state index in [9.17, 15) is 9.59 Å². The first kappa shape index (κ1) is 17.0. The molecule has 0 radical (unpaired) electrons. The lowest BCUT2D eigenvalue weighted by atomic mass is 9.80. The van der Waals surface area contributed by atoms with Gasteiger partial charge >= 0.3 is 5.97 Å². The number of hydrogen-bond donors (Lipinski definition) is 2. The van der Waals surface area contributed by atoms with Crippen LogP contribution in [-0.2, 0) is 9.59 Å². The van der Waals surface area contributed by atoms with Gasteiger partial charge in [-0.3, -0.25) is 4.79 Å². The standard InChI is InChI=1S/C16H23NO4/c1-11(16(2,3)4)9-14(18)17-12-7-5-6-8-13(12)21-10-15(19)20/h5-8,11H,9-10H2,1-4H3,(H,17,18)(H,19,20). The van der Waals surface area contributed by atoms with Gasteiger partial charge in [0, 0.05) is 6.42 Å². The molecule has 0 aliphatic heterocycles. The van der Waals surface area contributed by atoms with Crippen LogP contribution >= 0.6 is 0 Å². The third kappa shape index (κ3) is 5.85. The highest BCUT2D eigenvalue weighted by Crippen LogP contribution is 2.29. The number of carboxylic acid groups (broad SMARTS) is 1. The maximum absolute atomic E-state index is 12.1. The topological polar surface area (TPSA) is 75.6 Å². The summed E-state index contributed by atoms with van der Waals surface area (Å²) in [7, 11) is 0. The lowest BCUT2D eigenvalue weighted by Gasteiger charge is -2.26. The smallest absolute Gasteiger partial charge is 0.341 e. The number of rotatable bonds is 6. The summed E-state index contributed by atoms with van der Waals surface area (Å²) >= 11 is 0. The monoisotopic (exact) mass is 293 g/mol. The zero-order valence-corrected chi connectivity index (χ0v) is 13.0. The number of para-hydroxylation sites is 2. The SMILES string of the molecule is CC(CC(=O)Nc1ccccc1OCC(=O)O)C(C)(C)C. The molecule has 1 aromatic carbocycles. The molecule has 0 saturated carbocycles. The first-order valence-corrected chi connectivity index (χ1v) is 6.93. The predicted molar refractivity (Wildman–Crippen MR) is 81.4 cm³/mol. The Morgan fingerprint density at radius 1 is 1.29 bits per heavy atom. The summed E-state index contributed by atoms with van der Waals surface area (Å²) in [6.07, 6.45) is 0.400. The van der Waals surface area contributed by atoms with Crippen LogP contribution in [0.5, 0.6) is 5.75 Å². The van der Waals surface area contributed by atoms with E-state index in [-0.39, 0.29) is 17.2 Å². The Morgan fingerprint density at radius 2 is 1.90 bits per heavy atom. The fourth-order valence-corrected chi connectivity index (χ4v) is 1.62. The molecule has 1 amide bonds. The van der Waals surface area contributed by atoms with E-state index in [0.29, 0.717) is 17.9 Å². The predicted octanol–water partition coefficient (Wildman–Crippen LogP) is 3.16. The van der Waals surface area contributed by atoms with E-state index in [1.807, 2.05) is 6.92 Å². The molecule has 0 aliphatic carbocycles. The Hall–Kier alpha value is -2.04. The minimum atomic E-state index is -1.06. The summed E-state index contributed by atoms with van der Waals surface area (Å²) < 4.78 is 5.16. The van der Waals surface area contributed by atoms with Crippen LogP contribution in [0.1, 0.15) is 34.1 Å². The zero-order valence-electron chi connectivity index (χ0n) is 13.0. The maximum Gasteiger partial charge on any atom is 0.341 e. The summed E-state index contributed by atoms with van der Waals surface area (Å²) in [5.41, 5.74) is 0.543. The van der Waals surface area contributed by atoms with Crippen LogP contribution in [0.4, 0.5) is 5.69 Å². The second kappa shape index (κ2) is 7.11. The fourth-order valence-electron chi connectivity index (χ4n) is 1.62. The number of carboxylic acids is 1. The van der Waals surface area contributed by atoms with Gasteiger partial charge in [0.05, 0.1) is 5.69 Å². The van der Waals surface area contributed by atoms with E-state index in [0.717, 1.165) is 0 Å². The second-order valence-corrected chi connectivity index (χ2v) is 6.20. The summed E-state index contributed by atoms with van der Waals surface area (Å²) in [6.45, 7) is 7.87. The molecule has 1 atom stereocenters. The molecule has 0 heterocycles. The molecule has 5 nitrogen and oxygen atoms in total. The molecule has 0 spiro atoms. The van der Waals surface area contributed by atoms with E-state index in [1.165, 1.54) is 0 Å². The van der Waals surface area contributed by atoms with Crippen molar-refractivity contribution in [1.29, 1.82) is 0 Å². The van der Waals surface area contributed by atoms with Crippen molar-refractivity contribution in [2.24, 2.45) is 11.3 Å². The van der Waals surface area contributed by atoms with Crippen LogP contribution in [0, 0.1) is 11.3 Å². The van der Waals surface area contributed by atoms with E-state index in [4.69, 9.17) is 9.84 Å². The van der Waals surface area contributed by atoms with Gasteiger partial charge in [-0.25, -0.2) is 4.79 Å². The number of amides is 1. The molecule has 0 aromatic heterocycles. The zero-order chi connectivity index (χ0) is 16.0. The molecular weight excluding hydrogens is 270 g/mol. The summed E-state index contributed by atoms with van der Waals surface area (Å²) in [4.78, 5) is 22.6. The Morgan fingerprint density at radius 3 is 2.48 bits per heavy atom. The number of carbonyl (C=O) groups excluding carboxylic acids is 1. The Bertz CT molecular complexity index is 505. The van der Waals surface area contributed by atoms with E-state index >= 15 is 0 Å². The molecule has 21 heavy (non-hydrogen) atoms. The maximum atomic E-state index is 12.1. The molecule has 2 N–H and O–H groups in total. The minimum absolute atomic E-state index is 0.0522. The molecule has 1 unspecified atom stereocenters. The Balaban J connectivity index is 2.70. The van der Waals surface area contributed by atoms with E-state index in [2.05, 4.69) is 26.1 Å². The molecule has 5 heteroatoms. The number of aliphatic carboxylic acids is 1. The van der Waals surface area contributed by atoms with Gasteiger partial charge in [-0.2, -0.15) is 0 Å². The van der Waals surface area contributed by atoms with Crippen LogP contribution < -0.4 is 10.1 Å². The lowest BCUT2D eigenvalue weighted by Crippen LogP contribution is -2.24. The number of hydrogen-bond acceptors (Lipinski definition) is 3. The van der Waals surface area contributed by atoms with Crippen molar-refractivity contribution in [3.05, 3.63) is 24.3 Å². The summed E-state index contributed by atoms with van der Waals surface area (Å²) in [5, 5.41) is 11.4. The largest absolute Gasteiger partial charge is 0.480 e. The van der Waals surface area contributed by atoms with E-state index in [1.54, 1.807) is 24.3 Å². The average molecular weight is 293 g/mol. The number of carbonyl (C=O) groups is 2. The Kier molecular flexibility index (Phi) is 5.76. The molecule has 0 aliphatic rings. The van der Waals surface area contributed by atoms with Crippen molar-refractivity contribution in [2.75, 3.05) is 11.9 Å². The van der Waals surface area contributed by atoms with Gasteiger partial charge in [0.15, 0.2) is 6.61 Å². The van der Waals surface area contributed by atoms with Gasteiger partial charge in [0.1, 0.15) is 5.75 Å². The van der Waals surface area contributed by atoms with Crippen LogP contribution in [0.15, 0.2) is 24.3 Å². The van der Waals surface area contributed by atoms with Gasteiger partial charge in [-0.15, -0.1) is 0 Å². The number of nitrogens with one attached hydrogen (secondary N) is 1. The highest BCUT2D eigenvalue weighted by atomic mass is 16.5. The van der Waals surface area contributed by atoms with Crippen LogP contribution in [0.3, 0.4) is 0 Å². The van der Waals surface area contributed by atoms with Gasteiger partial charge in [-0.1, -0.05) is 39.8 Å². The van der Waals surface area contributed by atoms with Crippen molar-refractivity contribution in [2.45, 2.75) is 34.1 Å². The molecule has 1 rings (SSSR count). The minimum Gasteiger partial charge on any atom is -0.480 e. The molecule has 116 valence electrons. The number of anilines is 1. The second-order valence-electron chi connectivity index (χ2n) is 6.20. The van der Waals surface area contributed by atoms with Crippen LogP contribution in [-0.4, -0.2) is 23.6 Å². The fraction of sp³-hybridized carbons (Fsp3) is 0.500. The first-order valence-electron chi connectivity index (χ1n) is 6.93. The number of benzene rings is 1. The van der Waals surface area contributed by atoms with Crippen LogP contribution in [0.2, 0.25) is 0 Å². The van der Waals surface area contributed by atoms with Gasteiger partial charge < -0.3 is 15.2 Å². The molecular formula is C16H23NO4. The van der Waals surface area contributed by atoms with Gasteiger partial charge in [-0.05, 0) is 23.5 Å². The third-order valence-electron chi connectivity index (χ3n) is 3.48. The van der Waals surface area contributed by atoms with Crippen molar-refractivity contribution in [1.82, 2.24) is 0 Å². The van der Waals surface area contributed by atoms with E-state index < -0.39 is 12.6 Å². The van der Waals surface area contributed by atoms with Crippen molar-refractivity contribution < 1.29 is 19.4 Å². The molecule has 0 saturated heterocycles. The molecule has 1 aromatic rings. The Labute approximate surface area is 125 Å².